The van der Waals surface area contributed by atoms with Crippen molar-refractivity contribution in [3.05, 3.63) is 83.1 Å². The summed E-state index contributed by atoms with van der Waals surface area (Å²) in [5.74, 6) is 0. The summed E-state index contributed by atoms with van der Waals surface area (Å²) in [7, 11) is 0. The molecule has 0 saturated carbocycles. The second-order valence-electron chi connectivity index (χ2n) is 6.76. The molecular formula is C22H23N3O2. The van der Waals surface area contributed by atoms with E-state index in [1.165, 1.54) is 17.2 Å². The Kier molecular flexibility index (Phi) is 5.42. The van der Waals surface area contributed by atoms with Crippen LogP contribution in [-0.2, 0) is 16.1 Å². The number of carbonyl (C=O) groups excluding carboxylic acids is 1. The van der Waals surface area contributed by atoms with Gasteiger partial charge in [0.25, 0.3) is 0 Å². The molecule has 4 rings (SSSR count). The molecule has 0 amide bonds. The molecule has 0 radical (unpaired) electrons. The molecule has 0 aromatic heterocycles. The zero-order valence-corrected chi connectivity index (χ0v) is 15.2. The highest BCUT2D eigenvalue weighted by atomic mass is 16.5. The van der Waals surface area contributed by atoms with E-state index in [9.17, 15) is 4.79 Å². The number of fused-ring (bicyclic) bond motifs is 1. The van der Waals surface area contributed by atoms with E-state index >= 15 is 0 Å². The van der Waals surface area contributed by atoms with Crippen molar-refractivity contribution in [2.75, 3.05) is 26.3 Å². The number of benzene rings is 2. The van der Waals surface area contributed by atoms with E-state index in [0.29, 0.717) is 0 Å². The van der Waals surface area contributed by atoms with Gasteiger partial charge in [-0.1, -0.05) is 48.5 Å². The van der Waals surface area contributed by atoms with Gasteiger partial charge >= 0.3 is 0 Å². The Morgan fingerprint density at radius 2 is 1.85 bits per heavy atom. The standard InChI is InChI=1S/C22H23N3O2/c26-13-3-10-25-22(21-5-2-1-4-20(21)16-23-25)19-8-6-18(7-9-19)17-24-11-14-27-15-12-24/h1-10,13,16,22H,11-12,14-15,17H2. The van der Waals surface area contributed by atoms with E-state index in [0.717, 1.165) is 50.3 Å². The lowest BCUT2D eigenvalue weighted by Crippen LogP contribution is -2.35. The Labute approximate surface area is 159 Å². The first-order chi connectivity index (χ1) is 13.3. The quantitative estimate of drug-likeness (QED) is 0.607. The van der Waals surface area contributed by atoms with Crippen LogP contribution in [0, 0.1) is 0 Å². The van der Waals surface area contributed by atoms with E-state index in [1.807, 2.05) is 23.4 Å². The average Bonchev–Trinajstić information content (AvgIpc) is 2.73. The maximum Gasteiger partial charge on any atom is 0.144 e. The first-order valence-electron chi connectivity index (χ1n) is 9.27. The first kappa shape index (κ1) is 17.6. The van der Waals surface area contributed by atoms with Crippen molar-refractivity contribution < 1.29 is 9.53 Å². The summed E-state index contributed by atoms with van der Waals surface area (Å²) >= 11 is 0. The predicted octanol–water partition coefficient (Wildman–Crippen LogP) is 2.97. The maximum atomic E-state index is 10.8. The van der Waals surface area contributed by atoms with Crippen LogP contribution in [0.5, 0.6) is 0 Å². The molecule has 1 fully saturated rings. The van der Waals surface area contributed by atoms with Crippen molar-refractivity contribution in [3.63, 3.8) is 0 Å². The zero-order valence-electron chi connectivity index (χ0n) is 15.2. The Morgan fingerprint density at radius 3 is 2.63 bits per heavy atom. The lowest BCUT2D eigenvalue weighted by molar-refractivity contribution is -0.104. The van der Waals surface area contributed by atoms with E-state index in [2.05, 4.69) is 46.4 Å². The predicted molar refractivity (Wildman–Crippen MR) is 105 cm³/mol. The van der Waals surface area contributed by atoms with Gasteiger partial charge in [0.1, 0.15) is 12.3 Å². The molecule has 2 aromatic carbocycles. The molecule has 5 heteroatoms. The molecule has 1 unspecified atom stereocenters. The SMILES string of the molecule is O=CC=CN1N=Cc2ccccc2C1c1ccc(CN2CCOCC2)cc1. The molecule has 2 aliphatic rings. The number of aldehydes is 1. The summed E-state index contributed by atoms with van der Waals surface area (Å²) in [6.07, 6.45) is 5.82. The van der Waals surface area contributed by atoms with Gasteiger partial charge in [-0.25, -0.2) is 0 Å². The number of morpholine rings is 1. The van der Waals surface area contributed by atoms with Gasteiger partial charge in [0, 0.05) is 31.4 Å². The van der Waals surface area contributed by atoms with Crippen molar-refractivity contribution in [2.45, 2.75) is 12.6 Å². The Hall–Kier alpha value is -2.76. The van der Waals surface area contributed by atoms with Crippen LogP contribution >= 0.6 is 0 Å². The first-order valence-corrected chi connectivity index (χ1v) is 9.27. The largest absolute Gasteiger partial charge is 0.379 e. The second kappa shape index (κ2) is 8.29. The molecule has 0 bridgehead atoms. The summed E-state index contributed by atoms with van der Waals surface area (Å²) in [4.78, 5) is 13.2. The molecule has 27 heavy (non-hydrogen) atoms. The number of hydrazone groups is 1. The van der Waals surface area contributed by atoms with E-state index in [4.69, 9.17) is 4.74 Å². The lowest BCUT2D eigenvalue weighted by atomic mass is 9.92. The van der Waals surface area contributed by atoms with Crippen molar-refractivity contribution in [2.24, 2.45) is 5.10 Å². The molecule has 1 saturated heterocycles. The topological polar surface area (TPSA) is 45.1 Å². The van der Waals surface area contributed by atoms with Crippen LogP contribution in [0.15, 0.2) is 65.9 Å². The second-order valence-corrected chi connectivity index (χ2v) is 6.76. The number of hydrogen-bond acceptors (Lipinski definition) is 5. The molecule has 2 heterocycles. The van der Waals surface area contributed by atoms with Gasteiger partial charge in [0.05, 0.1) is 19.4 Å². The van der Waals surface area contributed by atoms with Crippen LogP contribution in [0.4, 0.5) is 0 Å². The lowest BCUT2D eigenvalue weighted by Gasteiger charge is -2.31. The smallest absolute Gasteiger partial charge is 0.144 e. The summed E-state index contributed by atoms with van der Waals surface area (Å²) in [5.41, 5.74) is 4.74. The van der Waals surface area contributed by atoms with Gasteiger partial charge in [-0.2, -0.15) is 5.10 Å². The fourth-order valence-corrected chi connectivity index (χ4v) is 3.62. The molecule has 2 aliphatic heterocycles. The van der Waals surface area contributed by atoms with Crippen molar-refractivity contribution in [1.29, 1.82) is 0 Å². The van der Waals surface area contributed by atoms with E-state index < -0.39 is 0 Å². The monoisotopic (exact) mass is 361 g/mol. The highest BCUT2D eigenvalue weighted by molar-refractivity contribution is 5.83. The van der Waals surface area contributed by atoms with Crippen molar-refractivity contribution >= 4 is 12.5 Å². The van der Waals surface area contributed by atoms with Crippen LogP contribution in [-0.4, -0.2) is 48.7 Å². The molecule has 5 nitrogen and oxygen atoms in total. The molecule has 0 spiro atoms. The number of allylic oxidation sites excluding steroid dienone is 1. The van der Waals surface area contributed by atoms with Gasteiger partial charge in [0.2, 0.25) is 0 Å². The summed E-state index contributed by atoms with van der Waals surface area (Å²) in [6, 6.07) is 16.9. The summed E-state index contributed by atoms with van der Waals surface area (Å²) < 4.78 is 5.42. The molecule has 1 atom stereocenters. The van der Waals surface area contributed by atoms with Gasteiger partial charge in [-0.15, -0.1) is 0 Å². The highest BCUT2D eigenvalue weighted by Crippen LogP contribution is 2.34. The Morgan fingerprint density at radius 1 is 1.07 bits per heavy atom. The minimum Gasteiger partial charge on any atom is -0.379 e. The summed E-state index contributed by atoms with van der Waals surface area (Å²) in [6.45, 7) is 4.53. The molecule has 0 N–H and O–H groups in total. The third-order valence-electron chi connectivity index (χ3n) is 5.01. The molecule has 0 aliphatic carbocycles. The number of rotatable bonds is 5. The molecule has 2 aromatic rings. The third-order valence-corrected chi connectivity index (χ3v) is 5.01. The number of hydrogen-bond donors (Lipinski definition) is 0. The maximum absolute atomic E-state index is 10.8. The Balaban J connectivity index is 1.59. The van der Waals surface area contributed by atoms with Crippen LogP contribution < -0.4 is 0 Å². The number of carbonyl (C=O) groups is 1. The van der Waals surface area contributed by atoms with Gasteiger partial charge in [0.15, 0.2) is 0 Å². The normalized spacial score (nSPS) is 20.0. The number of nitrogens with zero attached hydrogens (tertiary/aromatic N) is 3. The van der Waals surface area contributed by atoms with Crippen LogP contribution in [0.2, 0.25) is 0 Å². The average molecular weight is 361 g/mol. The van der Waals surface area contributed by atoms with E-state index in [1.54, 1.807) is 6.20 Å². The third kappa shape index (κ3) is 3.99. The van der Waals surface area contributed by atoms with Crippen LogP contribution in [0.1, 0.15) is 28.3 Å². The molecule has 138 valence electrons. The fraction of sp³-hybridized carbons (Fsp3) is 0.273. The van der Waals surface area contributed by atoms with Crippen LogP contribution in [0.3, 0.4) is 0 Å². The fourth-order valence-electron chi connectivity index (χ4n) is 3.62. The zero-order chi connectivity index (χ0) is 18.5. The Bertz CT molecular complexity index is 839. The van der Waals surface area contributed by atoms with E-state index in [-0.39, 0.29) is 6.04 Å². The van der Waals surface area contributed by atoms with Gasteiger partial charge < -0.3 is 4.74 Å². The van der Waals surface area contributed by atoms with Gasteiger partial charge in [-0.3, -0.25) is 14.7 Å². The molecular weight excluding hydrogens is 338 g/mol. The summed E-state index contributed by atoms with van der Waals surface area (Å²) in [5, 5.41) is 6.36. The van der Waals surface area contributed by atoms with Crippen LogP contribution in [0.25, 0.3) is 0 Å². The minimum absolute atomic E-state index is 0.0418. The van der Waals surface area contributed by atoms with Gasteiger partial charge in [-0.05, 0) is 22.8 Å². The number of ether oxygens (including phenoxy) is 1. The minimum atomic E-state index is -0.0418. The van der Waals surface area contributed by atoms with Crippen molar-refractivity contribution in [1.82, 2.24) is 9.91 Å². The van der Waals surface area contributed by atoms with Crippen molar-refractivity contribution in [3.8, 4) is 0 Å². The highest BCUT2D eigenvalue weighted by Gasteiger charge is 2.25.